The van der Waals surface area contributed by atoms with Crippen molar-refractivity contribution in [3.05, 3.63) is 52.0 Å². The second-order valence-electron chi connectivity index (χ2n) is 10.2. The molecule has 0 fully saturated rings. The van der Waals surface area contributed by atoms with Crippen molar-refractivity contribution in [2.24, 2.45) is 0 Å². The Labute approximate surface area is 210 Å². The van der Waals surface area contributed by atoms with Crippen LogP contribution in [0.2, 0.25) is 0 Å². The van der Waals surface area contributed by atoms with E-state index < -0.39 is 5.97 Å². The zero-order valence-corrected chi connectivity index (χ0v) is 21.9. The second-order valence-corrected chi connectivity index (χ2v) is 11.2. The van der Waals surface area contributed by atoms with Crippen LogP contribution in [0.25, 0.3) is 21.7 Å². The Morgan fingerprint density at radius 3 is 2.51 bits per heavy atom. The van der Waals surface area contributed by atoms with Gasteiger partial charge in [-0.3, -0.25) is 4.79 Å². The molecule has 5 rings (SSSR count). The number of benzene rings is 1. The van der Waals surface area contributed by atoms with E-state index in [9.17, 15) is 9.59 Å². The lowest BCUT2D eigenvalue weighted by molar-refractivity contribution is 0.0556. The van der Waals surface area contributed by atoms with Gasteiger partial charge < -0.3 is 18.9 Å². The van der Waals surface area contributed by atoms with Crippen molar-refractivity contribution in [3.8, 4) is 27.4 Å². The van der Waals surface area contributed by atoms with Gasteiger partial charge in [0.1, 0.15) is 17.0 Å². The second kappa shape index (κ2) is 8.86. The fourth-order valence-electron chi connectivity index (χ4n) is 5.51. The van der Waals surface area contributed by atoms with Gasteiger partial charge in [0.05, 0.1) is 19.9 Å². The summed E-state index contributed by atoms with van der Waals surface area (Å²) in [7, 11) is 2.95. The summed E-state index contributed by atoms with van der Waals surface area (Å²) in [5.74, 6) is 0.183. The number of hydrogen-bond acceptors (Lipinski definition) is 5. The van der Waals surface area contributed by atoms with Gasteiger partial charge >= 0.3 is 5.97 Å². The minimum absolute atomic E-state index is 0.0985. The lowest BCUT2D eigenvalue weighted by atomic mass is 9.91. The lowest BCUT2D eigenvalue weighted by Crippen LogP contribution is -2.47. The number of nitrogens with zero attached hydrogens (tertiary/aromatic N) is 2. The summed E-state index contributed by atoms with van der Waals surface area (Å²) in [6, 6.07) is 8.03. The van der Waals surface area contributed by atoms with Crippen molar-refractivity contribution in [1.82, 2.24) is 9.47 Å². The zero-order valence-electron chi connectivity index (χ0n) is 21.1. The molecule has 0 saturated carbocycles. The molecular formula is C28H32N2O4S. The summed E-state index contributed by atoms with van der Waals surface area (Å²) in [5.41, 5.74) is 6.31. The Hall–Kier alpha value is -3.06. The Bertz CT molecular complexity index is 1300. The van der Waals surface area contributed by atoms with Gasteiger partial charge in [0.15, 0.2) is 0 Å². The molecule has 0 aliphatic carbocycles. The first-order chi connectivity index (χ1) is 16.8. The summed E-state index contributed by atoms with van der Waals surface area (Å²) in [6.07, 6.45) is 3.63. The molecule has 3 aromatic rings. The monoisotopic (exact) mass is 492 g/mol. The first-order valence-electron chi connectivity index (χ1n) is 12.2. The Morgan fingerprint density at radius 1 is 1.06 bits per heavy atom. The van der Waals surface area contributed by atoms with Crippen molar-refractivity contribution >= 4 is 23.2 Å². The molecule has 2 aliphatic heterocycles. The maximum atomic E-state index is 14.1. The van der Waals surface area contributed by atoms with Gasteiger partial charge in [0.2, 0.25) is 0 Å². The fraction of sp³-hybridized carbons (Fsp3) is 0.429. The standard InChI is InChI=1S/C28H32N2O4S/c1-28(2,3)30-12-7-6-9-18-23(22-10-8-14-35-22)24-19-16-20(27(32)34-5)21(33-4)15-17(19)11-13-29(24)25(18)26(30)31/h8,10,14-16H,6-7,9,11-13H2,1-5H3. The van der Waals surface area contributed by atoms with Crippen LogP contribution in [0.4, 0.5) is 0 Å². The molecule has 1 amide bonds. The SMILES string of the molecule is COC(=O)c1cc2c(cc1OC)CCn1c3c(c(-c4cccs4)c1-2)CCCCN(C(C)(C)C)C3=O. The molecule has 7 heteroatoms. The Kier molecular flexibility index (Phi) is 5.99. The highest BCUT2D eigenvalue weighted by Crippen LogP contribution is 2.47. The molecule has 0 bridgehead atoms. The zero-order chi connectivity index (χ0) is 24.9. The van der Waals surface area contributed by atoms with E-state index in [1.807, 2.05) is 17.0 Å². The van der Waals surface area contributed by atoms with Crippen LogP contribution >= 0.6 is 11.3 Å². The molecule has 0 spiro atoms. The van der Waals surface area contributed by atoms with Crippen LogP contribution in [0, 0.1) is 0 Å². The minimum atomic E-state index is -0.431. The van der Waals surface area contributed by atoms with E-state index >= 15 is 0 Å². The van der Waals surface area contributed by atoms with E-state index in [1.165, 1.54) is 7.11 Å². The largest absolute Gasteiger partial charge is 0.496 e. The maximum absolute atomic E-state index is 14.1. The van der Waals surface area contributed by atoms with Crippen molar-refractivity contribution in [2.45, 2.75) is 58.5 Å². The predicted molar refractivity (Wildman–Crippen MR) is 139 cm³/mol. The maximum Gasteiger partial charge on any atom is 0.341 e. The molecule has 184 valence electrons. The van der Waals surface area contributed by atoms with E-state index in [0.717, 1.165) is 70.7 Å². The molecule has 0 radical (unpaired) electrons. The molecule has 0 N–H and O–H groups in total. The van der Waals surface area contributed by atoms with E-state index in [2.05, 4.69) is 42.9 Å². The summed E-state index contributed by atoms with van der Waals surface area (Å²) in [5, 5.41) is 2.08. The van der Waals surface area contributed by atoms with Crippen molar-refractivity contribution in [3.63, 3.8) is 0 Å². The highest BCUT2D eigenvalue weighted by atomic mass is 32.1. The van der Waals surface area contributed by atoms with E-state index in [0.29, 0.717) is 17.9 Å². The minimum Gasteiger partial charge on any atom is -0.496 e. The molecule has 6 nitrogen and oxygen atoms in total. The van der Waals surface area contributed by atoms with Crippen LogP contribution in [0.15, 0.2) is 29.6 Å². The van der Waals surface area contributed by atoms with Gasteiger partial charge in [-0.05, 0) is 81.2 Å². The smallest absolute Gasteiger partial charge is 0.341 e. The number of aromatic nitrogens is 1. The van der Waals surface area contributed by atoms with Crippen LogP contribution in [-0.4, -0.2) is 47.6 Å². The van der Waals surface area contributed by atoms with E-state index in [-0.39, 0.29) is 11.4 Å². The molecular weight excluding hydrogens is 460 g/mol. The summed E-state index contributed by atoms with van der Waals surface area (Å²) in [6.45, 7) is 7.79. The highest BCUT2D eigenvalue weighted by molar-refractivity contribution is 7.13. The topological polar surface area (TPSA) is 60.8 Å². The van der Waals surface area contributed by atoms with E-state index in [4.69, 9.17) is 9.47 Å². The number of carbonyl (C=O) groups is 2. The van der Waals surface area contributed by atoms with Gasteiger partial charge in [-0.1, -0.05) is 6.07 Å². The van der Waals surface area contributed by atoms with Gasteiger partial charge in [0, 0.05) is 34.6 Å². The van der Waals surface area contributed by atoms with Gasteiger partial charge in [-0.15, -0.1) is 11.3 Å². The van der Waals surface area contributed by atoms with E-state index in [1.54, 1.807) is 18.4 Å². The number of ether oxygens (including phenoxy) is 2. The molecule has 2 aromatic heterocycles. The number of fused-ring (bicyclic) bond motifs is 5. The van der Waals surface area contributed by atoms with Gasteiger partial charge in [0.25, 0.3) is 5.91 Å². The molecule has 2 aliphatic rings. The molecule has 0 unspecified atom stereocenters. The average Bonchev–Trinajstić information content (AvgIpc) is 3.45. The Balaban J connectivity index is 1.83. The molecule has 35 heavy (non-hydrogen) atoms. The quantitative estimate of drug-likeness (QED) is 0.433. The number of amides is 1. The molecule has 0 atom stereocenters. The van der Waals surface area contributed by atoms with Crippen LogP contribution in [0.1, 0.15) is 65.6 Å². The fourth-order valence-corrected chi connectivity index (χ4v) is 6.31. The highest BCUT2D eigenvalue weighted by Gasteiger charge is 2.37. The Morgan fingerprint density at radius 2 is 1.86 bits per heavy atom. The number of rotatable bonds is 3. The van der Waals surface area contributed by atoms with Gasteiger partial charge in [-0.25, -0.2) is 4.79 Å². The van der Waals surface area contributed by atoms with Gasteiger partial charge in [-0.2, -0.15) is 0 Å². The predicted octanol–water partition coefficient (Wildman–Crippen LogP) is 5.81. The summed E-state index contributed by atoms with van der Waals surface area (Å²) in [4.78, 5) is 29.9. The van der Waals surface area contributed by atoms with Crippen LogP contribution in [0.3, 0.4) is 0 Å². The van der Waals surface area contributed by atoms with Crippen molar-refractivity contribution in [1.29, 1.82) is 0 Å². The number of carbonyl (C=O) groups excluding carboxylic acids is 2. The first kappa shape index (κ1) is 23.7. The number of methoxy groups -OCH3 is 2. The number of aryl methyl sites for hydroxylation is 1. The summed E-state index contributed by atoms with van der Waals surface area (Å²) >= 11 is 1.69. The third-order valence-corrected chi connectivity index (χ3v) is 8.03. The molecule has 0 saturated heterocycles. The summed E-state index contributed by atoms with van der Waals surface area (Å²) < 4.78 is 12.8. The van der Waals surface area contributed by atoms with Crippen molar-refractivity contribution in [2.75, 3.05) is 20.8 Å². The van der Waals surface area contributed by atoms with Crippen LogP contribution < -0.4 is 4.74 Å². The molecule has 4 heterocycles. The number of esters is 1. The average molecular weight is 493 g/mol. The molecule has 1 aromatic carbocycles. The van der Waals surface area contributed by atoms with Crippen LogP contribution in [0.5, 0.6) is 5.75 Å². The number of thiophene rings is 1. The normalized spacial score (nSPS) is 15.6. The lowest BCUT2D eigenvalue weighted by Gasteiger charge is -2.37. The number of hydrogen-bond donors (Lipinski definition) is 0. The first-order valence-corrected chi connectivity index (χ1v) is 13.0. The van der Waals surface area contributed by atoms with Crippen LogP contribution in [-0.2, 0) is 24.1 Å². The third-order valence-electron chi connectivity index (χ3n) is 7.14. The third kappa shape index (κ3) is 3.86. The van der Waals surface area contributed by atoms with Crippen molar-refractivity contribution < 1.29 is 19.1 Å².